The van der Waals surface area contributed by atoms with Gasteiger partial charge in [0.1, 0.15) is 5.82 Å². The Kier molecular flexibility index (Phi) is 5.62. The summed E-state index contributed by atoms with van der Waals surface area (Å²) in [4.78, 5) is 35.0. The summed E-state index contributed by atoms with van der Waals surface area (Å²) >= 11 is 0. The van der Waals surface area contributed by atoms with Gasteiger partial charge in [-0.05, 0) is 31.2 Å². The molecule has 0 saturated heterocycles. The molecule has 0 aliphatic rings. The summed E-state index contributed by atoms with van der Waals surface area (Å²) in [5, 5.41) is 0. The predicted molar refractivity (Wildman–Crippen MR) is 83.5 cm³/mol. The topological polar surface area (TPSA) is 84.5 Å². The molecule has 24 heavy (non-hydrogen) atoms. The number of carbonyl (C=O) groups excluding carboxylic acids is 3. The minimum absolute atomic E-state index is 0.213. The number of hydrogen-bond donors (Lipinski definition) is 2. The third kappa shape index (κ3) is 4.64. The van der Waals surface area contributed by atoms with E-state index in [-0.39, 0.29) is 5.56 Å². The fourth-order valence-electron chi connectivity index (χ4n) is 1.78. The summed E-state index contributed by atoms with van der Waals surface area (Å²) < 4.78 is 18.2. The van der Waals surface area contributed by atoms with Crippen molar-refractivity contribution in [3.8, 4) is 0 Å². The third-order valence-electron chi connectivity index (χ3n) is 3.06. The molecule has 0 saturated carbocycles. The maximum Gasteiger partial charge on any atom is 0.338 e. The lowest BCUT2D eigenvalue weighted by Crippen LogP contribution is -2.43. The molecule has 0 aromatic heterocycles. The molecule has 7 heteroatoms. The van der Waals surface area contributed by atoms with Gasteiger partial charge in [-0.2, -0.15) is 0 Å². The molecule has 0 spiro atoms. The lowest BCUT2D eigenvalue weighted by molar-refractivity contribution is -0.125. The Bertz CT molecular complexity index is 759. The molecule has 2 aromatic rings. The van der Waals surface area contributed by atoms with Crippen LogP contribution in [0.4, 0.5) is 4.39 Å². The average Bonchev–Trinajstić information content (AvgIpc) is 2.58. The molecular formula is C17H15FN2O4. The maximum atomic E-state index is 13.4. The number of nitrogens with one attached hydrogen (secondary N) is 2. The van der Waals surface area contributed by atoms with Crippen molar-refractivity contribution in [3.63, 3.8) is 0 Å². The highest BCUT2D eigenvalue weighted by atomic mass is 19.1. The molecule has 2 N–H and O–H groups in total. The smallest absolute Gasteiger partial charge is 0.338 e. The van der Waals surface area contributed by atoms with Crippen LogP contribution in [0.1, 0.15) is 26.3 Å². The van der Waals surface area contributed by atoms with E-state index in [2.05, 4.69) is 0 Å². The first-order valence-electron chi connectivity index (χ1n) is 7.05. The Morgan fingerprint density at radius 1 is 1.00 bits per heavy atom. The number of carbonyl (C=O) groups is 3. The summed E-state index contributed by atoms with van der Waals surface area (Å²) in [5.41, 5.74) is 5.16. The molecule has 0 fully saturated rings. The van der Waals surface area contributed by atoms with E-state index in [0.717, 1.165) is 11.6 Å². The van der Waals surface area contributed by atoms with Crippen LogP contribution >= 0.6 is 0 Å². The van der Waals surface area contributed by atoms with Crippen LogP contribution in [0.15, 0.2) is 48.5 Å². The highest BCUT2D eigenvalue weighted by Crippen LogP contribution is 2.06. The number of amides is 2. The highest BCUT2D eigenvalue weighted by molar-refractivity contribution is 5.96. The summed E-state index contributed by atoms with van der Waals surface area (Å²) in [5.74, 6) is -2.94. The Balaban J connectivity index is 1.79. The Hall–Kier alpha value is -3.22. The van der Waals surface area contributed by atoms with Crippen molar-refractivity contribution in [1.29, 1.82) is 0 Å². The van der Waals surface area contributed by atoms with Gasteiger partial charge in [-0.1, -0.05) is 29.8 Å². The van der Waals surface area contributed by atoms with Gasteiger partial charge in [0.15, 0.2) is 6.61 Å². The number of rotatable bonds is 4. The zero-order valence-corrected chi connectivity index (χ0v) is 12.8. The quantitative estimate of drug-likeness (QED) is 0.661. The molecule has 0 aliphatic carbocycles. The first kappa shape index (κ1) is 17.1. The molecule has 2 amide bonds. The Morgan fingerprint density at radius 2 is 1.67 bits per heavy atom. The molecule has 0 bridgehead atoms. The summed E-state index contributed by atoms with van der Waals surface area (Å²) in [6.45, 7) is 1.30. The normalized spacial score (nSPS) is 9.92. The van der Waals surface area contributed by atoms with E-state index in [1.807, 2.05) is 17.8 Å². The summed E-state index contributed by atoms with van der Waals surface area (Å²) in [7, 11) is 0. The molecular weight excluding hydrogens is 315 g/mol. The van der Waals surface area contributed by atoms with E-state index < -0.39 is 30.2 Å². The van der Waals surface area contributed by atoms with Crippen LogP contribution in [0, 0.1) is 12.7 Å². The monoisotopic (exact) mass is 330 g/mol. The van der Waals surface area contributed by atoms with Gasteiger partial charge in [-0.3, -0.25) is 20.4 Å². The molecule has 0 heterocycles. The molecule has 124 valence electrons. The first-order valence-corrected chi connectivity index (χ1v) is 7.05. The molecule has 0 aliphatic heterocycles. The van der Waals surface area contributed by atoms with Crippen LogP contribution in [0.5, 0.6) is 0 Å². The lowest BCUT2D eigenvalue weighted by Gasteiger charge is -2.08. The van der Waals surface area contributed by atoms with Gasteiger partial charge in [0.2, 0.25) is 0 Å². The van der Waals surface area contributed by atoms with Crippen LogP contribution in [-0.4, -0.2) is 24.4 Å². The van der Waals surface area contributed by atoms with Crippen LogP contribution in [0.3, 0.4) is 0 Å². The van der Waals surface area contributed by atoms with Crippen molar-refractivity contribution >= 4 is 17.8 Å². The maximum absolute atomic E-state index is 13.4. The molecule has 0 unspecified atom stereocenters. The van der Waals surface area contributed by atoms with Crippen molar-refractivity contribution in [3.05, 3.63) is 71.0 Å². The molecule has 0 atom stereocenters. The van der Waals surface area contributed by atoms with Gasteiger partial charge in [0.25, 0.3) is 11.8 Å². The van der Waals surface area contributed by atoms with Gasteiger partial charge < -0.3 is 4.74 Å². The van der Waals surface area contributed by atoms with Crippen molar-refractivity contribution in [2.75, 3.05) is 6.61 Å². The van der Waals surface area contributed by atoms with Crippen molar-refractivity contribution in [2.24, 2.45) is 0 Å². The average molecular weight is 330 g/mol. The highest BCUT2D eigenvalue weighted by Gasteiger charge is 2.13. The second kappa shape index (κ2) is 7.87. The number of aryl methyl sites for hydroxylation is 1. The van der Waals surface area contributed by atoms with E-state index in [4.69, 9.17) is 4.74 Å². The lowest BCUT2D eigenvalue weighted by atomic mass is 10.1. The molecule has 2 aromatic carbocycles. The van der Waals surface area contributed by atoms with Crippen LogP contribution in [-0.2, 0) is 9.53 Å². The number of benzene rings is 2. The fraction of sp³-hybridized carbons (Fsp3) is 0.118. The van der Waals surface area contributed by atoms with E-state index in [0.29, 0.717) is 5.56 Å². The van der Waals surface area contributed by atoms with Gasteiger partial charge in [-0.15, -0.1) is 0 Å². The number of hydrogen-bond acceptors (Lipinski definition) is 4. The summed E-state index contributed by atoms with van der Waals surface area (Å²) in [6, 6.07) is 12.0. The van der Waals surface area contributed by atoms with E-state index in [9.17, 15) is 18.8 Å². The van der Waals surface area contributed by atoms with Gasteiger partial charge in [0.05, 0.1) is 11.1 Å². The van der Waals surface area contributed by atoms with Crippen molar-refractivity contribution in [2.45, 2.75) is 6.92 Å². The van der Waals surface area contributed by atoms with Gasteiger partial charge in [-0.25, -0.2) is 9.18 Å². The Labute approximate surface area is 137 Å². The number of esters is 1. The van der Waals surface area contributed by atoms with Crippen LogP contribution in [0.25, 0.3) is 0 Å². The number of ether oxygens (including phenoxy) is 1. The van der Waals surface area contributed by atoms with Crippen LogP contribution in [0.2, 0.25) is 0 Å². The van der Waals surface area contributed by atoms with E-state index >= 15 is 0 Å². The standard InChI is InChI=1S/C17H15FN2O4/c1-11-6-8-12(9-7-11)17(23)24-10-15(21)19-20-16(22)13-4-2-3-5-14(13)18/h2-9H,10H2,1H3,(H,19,21)(H,20,22). The zero-order valence-electron chi connectivity index (χ0n) is 12.8. The van der Waals surface area contributed by atoms with E-state index in [1.54, 1.807) is 24.3 Å². The SMILES string of the molecule is Cc1ccc(C(=O)OCC(=O)NNC(=O)c2ccccc2F)cc1. The first-order chi connectivity index (χ1) is 11.5. The number of hydrazine groups is 1. The molecule has 0 radical (unpaired) electrons. The molecule has 6 nitrogen and oxygen atoms in total. The van der Waals surface area contributed by atoms with E-state index in [1.165, 1.54) is 18.2 Å². The second-order valence-corrected chi connectivity index (χ2v) is 4.92. The second-order valence-electron chi connectivity index (χ2n) is 4.92. The molecule has 2 rings (SSSR count). The predicted octanol–water partition coefficient (Wildman–Crippen LogP) is 1.75. The summed E-state index contributed by atoms with van der Waals surface area (Å²) in [6.07, 6.45) is 0. The fourth-order valence-corrected chi connectivity index (χ4v) is 1.78. The minimum Gasteiger partial charge on any atom is -0.452 e. The zero-order chi connectivity index (χ0) is 17.5. The van der Waals surface area contributed by atoms with Gasteiger partial charge in [0, 0.05) is 0 Å². The Morgan fingerprint density at radius 3 is 2.33 bits per heavy atom. The number of halogens is 1. The minimum atomic E-state index is -0.814. The largest absolute Gasteiger partial charge is 0.452 e. The van der Waals surface area contributed by atoms with Crippen LogP contribution < -0.4 is 10.9 Å². The van der Waals surface area contributed by atoms with Crippen molar-refractivity contribution < 1.29 is 23.5 Å². The van der Waals surface area contributed by atoms with Crippen molar-refractivity contribution in [1.82, 2.24) is 10.9 Å². The third-order valence-corrected chi connectivity index (χ3v) is 3.06. The van der Waals surface area contributed by atoms with Gasteiger partial charge >= 0.3 is 5.97 Å².